The van der Waals surface area contributed by atoms with Gasteiger partial charge in [0.2, 0.25) is 0 Å². The molecule has 0 aromatic heterocycles. The zero-order valence-electron chi connectivity index (χ0n) is 17.5. The van der Waals surface area contributed by atoms with Crippen molar-refractivity contribution in [1.82, 2.24) is 0 Å². The minimum atomic E-state index is -0.510. The molecule has 0 saturated heterocycles. The van der Waals surface area contributed by atoms with Crippen molar-refractivity contribution in [2.24, 2.45) is 5.92 Å². The average Bonchev–Trinajstić information content (AvgIpc) is 2.76. The summed E-state index contributed by atoms with van der Waals surface area (Å²) in [6, 6.07) is 23.7. The average molecular weight is 419 g/mol. The number of benzene rings is 3. The van der Waals surface area contributed by atoms with E-state index in [1.165, 1.54) is 22.3 Å². The van der Waals surface area contributed by atoms with Crippen molar-refractivity contribution in [3.8, 4) is 0 Å². The SMILES string of the molecule is Cc1ccc(CCC(CCc2ccc(C)cc2)C(=O)c2ccc(C(=O)Cl)cc2)cc1. The highest BCUT2D eigenvalue weighted by molar-refractivity contribution is 6.67. The van der Waals surface area contributed by atoms with Gasteiger partial charge in [0.25, 0.3) is 5.24 Å². The van der Waals surface area contributed by atoms with Gasteiger partial charge in [-0.1, -0.05) is 71.8 Å². The fourth-order valence-electron chi connectivity index (χ4n) is 3.60. The molecule has 0 unspecified atom stereocenters. The van der Waals surface area contributed by atoms with Crippen molar-refractivity contribution in [3.63, 3.8) is 0 Å². The summed E-state index contributed by atoms with van der Waals surface area (Å²) in [5.41, 5.74) is 6.01. The Morgan fingerprint density at radius 3 is 1.47 bits per heavy atom. The van der Waals surface area contributed by atoms with Crippen molar-refractivity contribution in [2.75, 3.05) is 0 Å². The number of ketones is 1. The molecule has 3 aromatic carbocycles. The smallest absolute Gasteiger partial charge is 0.252 e. The quantitative estimate of drug-likeness (QED) is 0.284. The minimum absolute atomic E-state index is 0.0786. The van der Waals surface area contributed by atoms with Gasteiger partial charge in [-0.3, -0.25) is 9.59 Å². The molecule has 3 aromatic rings. The summed E-state index contributed by atoms with van der Waals surface area (Å²) in [6.07, 6.45) is 3.32. The summed E-state index contributed by atoms with van der Waals surface area (Å²) < 4.78 is 0. The second-order valence-corrected chi connectivity index (χ2v) is 8.30. The number of hydrogen-bond acceptors (Lipinski definition) is 2. The molecule has 3 heteroatoms. The second kappa shape index (κ2) is 10.4. The van der Waals surface area contributed by atoms with Crippen LogP contribution >= 0.6 is 11.6 Å². The van der Waals surface area contributed by atoms with Crippen LogP contribution in [0, 0.1) is 19.8 Å². The number of halogens is 1. The molecule has 0 atom stereocenters. The Bertz CT molecular complexity index is 937. The third kappa shape index (κ3) is 6.14. The van der Waals surface area contributed by atoms with E-state index in [4.69, 9.17) is 11.6 Å². The number of hydrogen-bond donors (Lipinski definition) is 0. The van der Waals surface area contributed by atoms with Crippen LogP contribution < -0.4 is 0 Å². The van der Waals surface area contributed by atoms with Gasteiger partial charge in [-0.25, -0.2) is 0 Å². The van der Waals surface area contributed by atoms with Crippen LogP contribution in [0.3, 0.4) is 0 Å². The van der Waals surface area contributed by atoms with Crippen LogP contribution in [0.25, 0.3) is 0 Å². The van der Waals surface area contributed by atoms with Gasteiger partial charge >= 0.3 is 0 Å². The molecule has 0 amide bonds. The van der Waals surface area contributed by atoms with Gasteiger partial charge in [0.1, 0.15) is 0 Å². The molecule has 0 spiro atoms. The Morgan fingerprint density at radius 1 is 0.667 bits per heavy atom. The fourth-order valence-corrected chi connectivity index (χ4v) is 3.73. The summed E-state index contributed by atoms with van der Waals surface area (Å²) in [5, 5.41) is -0.510. The number of Topliss-reactive ketones (excluding diaryl/α,β-unsaturated/α-hetero) is 1. The first-order valence-electron chi connectivity index (χ1n) is 10.4. The monoisotopic (exact) mass is 418 g/mol. The van der Waals surface area contributed by atoms with E-state index < -0.39 is 5.24 Å². The van der Waals surface area contributed by atoms with Gasteiger partial charge in [0.15, 0.2) is 5.78 Å². The van der Waals surface area contributed by atoms with E-state index in [0.717, 1.165) is 25.7 Å². The van der Waals surface area contributed by atoms with E-state index >= 15 is 0 Å². The molecular weight excluding hydrogens is 392 g/mol. The summed E-state index contributed by atoms with van der Waals surface area (Å²) in [4.78, 5) is 24.6. The van der Waals surface area contributed by atoms with Crippen molar-refractivity contribution < 1.29 is 9.59 Å². The zero-order chi connectivity index (χ0) is 21.5. The number of carbonyl (C=O) groups is 2. The molecule has 0 radical (unpaired) electrons. The van der Waals surface area contributed by atoms with Crippen molar-refractivity contribution in [1.29, 1.82) is 0 Å². The lowest BCUT2D eigenvalue weighted by Crippen LogP contribution is -2.17. The largest absolute Gasteiger partial charge is 0.294 e. The predicted octanol–water partition coefficient (Wildman–Crippen LogP) is 6.75. The lowest BCUT2D eigenvalue weighted by atomic mass is 9.86. The highest BCUT2D eigenvalue weighted by Gasteiger charge is 2.20. The Labute approximate surface area is 183 Å². The van der Waals surface area contributed by atoms with E-state index in [9.17, 15) is 9.59 Å². The Balaban J connectivity index is 1.74. The molecule has 0 fully saturated rings. The van der Waals surface area contributed by atoms with Gasteiger partial charge < -0.3 is 0 Å². The summed E-state index contributed by atoms with van der Waals surface area (Å²) in [7, 11) is 0. The van der Waals surface area contributed by atoms with E-state index in [-0.39, 0.29) is 11.7 Å². The lowest BCUT2D eigenvalue weighted by molar-refractivity contribution is 0.0906. The van der Waals surface area contributed by atoms with Gasteiger partial charge in [-0.05, 0) is 74.4 Å². The van der Waals surface area contributed by atoms with Gasteiger partial charge in [0.05, 0.1) is 0 Å². The van der Waals surface area contributed by atoms with Crippen LogP contribution in [0.1, 0.15) is 55.8 Å². The molecule has 0 aliphatic carbocycles. The lowest BCUT2D eigenvalue weighted by Gasteiger charge is -2.17. The molecule has 0 N–H and O–H groups in total. The first-order chi connectivity index (χ1) is 14.4. The normalized spacial score (nSPS) is 10.9. The molecule has 3 rings (SSSR count). The third-order valence-corrected chi connectivity index (χ3v) is 5.79. The molecule has 2 nitrogen and oxygen atoms in total. The van der Waals surface area contributed by atoms with Crippen molar-refractivity contribution >= 4 is 22.6 Å². The fraction of sp³-hybridized carbons (Fsp3) is 0.259. The first kappa shape index (κ1) is 22.0. The van der Waals surface area contributed by atoms with Crippen LogP contribution in [-0.4, -0.2) is 11.0 Å². The second-order valence-electron chi connectivity index (χ2n) is 7.96. The predicted molar refractivity (Wildman–Crippen MR) is 123 cm³/mol. The maximum absolute atomic E-state index is 13.3. The summed E-state index contributed by atoms with van der Waals surface area (Å²) in [5.74, 6) is 0.0490. The highest BCUT2D eigenvalue weighted by atomic mass is 35.5. The first-order valence-corrected chi connectivity index (χ1v) is 10.8. The van der Waals surface area contributed by atoms with Crippen molar-refractivity contribution in [3.05, 3.63) is 106 Å². The number of carbonyl (C=O) groups excluding carboxylic acids is 2. The summed E-state index contributed by atoms with van der Waals surface area (Å²) >= 11 is 5.53. The highest BCUT2D eigenvalue weighted by Crippen LogP contribution is 2.22. The van der Waals surface area contributed by atoms with Crippen LogP contribution in [0.5, 0.6) is 0 Å². The zero-order valence-corrected chi connectivity index (χ0v) is 18.3. The molecule has 30 heavy (non-hydrogen) atoms. The molecule has 0 saturated carbocycles. The molecule has 0 aliphatic rings. The third-order valence-electron chi connectivity index (χ3n) is 5.57. The van der Waals surface area contributed by atoms with Crippen LogP contribution in [0.15, 0.2) is 72.8 Å². The molecular formula is C27H27ClO2. The van der Waals surface area contributed by atoms with Crippen LogP contribution in [0.4, 0.5) is 0 Å². The van der Waals surface area contributed by atoms with E-state index in [1.807, 2.05) is 0 Å². The Morgan fingerprint density at radius 2 is 1.07 bits per heavy atom. The van der Waals surface area contributed by atoms with E-state index in [2.05, 4.69) is 62.4 Å². The van der Waals surface area contributed by atoms with Crippen LogP contribution in [0.2, 0.25) is 0 Å². The summed E-state index contributed by atoms with van der Waals surface area (Å²) in [6.45, 7) is 4.15. The maximum atomic E-state index is 13.3. The van der Waals surface area contributed by atoms with Crippen LogP contribution in [-0.2, 0) is 12.8 Å². The minimum Gasteiger partial charge on any atom is -0.294 e. The topological polar surface area (TPSA) is 34.1 Å². The van der Waals surface area contributed by atoms with Gasteiger partial charge in [0, 0.05) is 17.0 Å². The van der Waals surface area contributed by atoms with E-state index in [0.29, 0.717) is 11.1 Å². The van der Waals surface area contributed by atoms with E-state index in [1.54, 1.807) is 24.3 Å². The maximum Gasteiger partial charge on any atom is 0.252 e. The Kier molecular flexibility index (Phi) is 7.59. The Hall–Kier alpha value is -2.71. The number of aryl methyl sites for hydroxylation is 4. The molecule has 0 heterocycles. The van der Waals surface area contributed by atoms with Gasteiger partial charge in [-0.2, -0.15) is 0 Å². The number of rotatable bonds is 9. The van der Waals surface area contributed by atoms with Crippen molar-refractivity contribution in [2.45, 2.75) is 39.5 Å². The standard InChI is InChI=1S/C27H27ClO2/c1-19-3-7-21(8-4-19)11-13-23(14-12-22-9-5-20(2)6-10-22)26(29)24-15-17-25(18-16-24)27(28)30/h3-10,15-18,23H,11-14H2,1-2H3. The molecule has 154 valence electrons. The van der Waals surface area contributed by atoms with Gasteiger partial charge in [-0.15, -0.1) is 0 Å². The molecule has 0 bridgehead atoms. The molecule has 0 aliphatic heterocycles.